The standard InChI is InChI=1S/C14H9Cl3N2O4/c15-10-4-2-9(6-12(10)17)23-7-14(20)18-13-5-8(19(21)22)1-3-11(13)16/h1-6H,7H2,(H,18,20). The maximum absolute atomic E-state index is 11.8. The number of hydrogen-bond acceptors (Lipinski definition) is 4. The molecule has 0 fully saturated rings. The molecule has 2 rings (SSSR count). The number of nitro benzene ring substituents is 1. The summed E-state index contributed by atoms with van der Waals surface area (Å²) in [6.45, 7) is -0.322. The van der Waals surface area contributed by atoms with Crippen molar-refractivity contribution in [1.29, 1.82) is 0 Å². The number of anilines is 1. The predicted molar refractivity (Wildman–Crippen MR) is 88.7 cm³/mol. The second-order valence-electron chi connectivity index (χ2n) is 4.33. The van der Waals surface area contributed by atoms with Gasteiger partial charge in [0.1, 0.15) is 5.75 Å². The molecule has 9 heteroatoms. The van der Waals surface area contributed by atoms with Crippen LogP contribution in [0.15, 0.2) is 36.4 Å². The van der Waals surface area contributed by atoms with Crippen molar-refractivity contribution in [3.05, 3.63) is 61.6 Å². The molecule has 0 heterocycles. The maximum atomic E-state index is 11.8. The van der Waals surface area contributed by atoms with Crippen molar-refractivity contribution in [3.8, 4) is 5.75 Å². The summed E-state index contributed by atoms with van der Waals surface area (Å²) in [6.07, 6.45) is 0. The van der Waals surface area contributed by atoms with Crippen molar-refractivity contribution in [2.45, 2.75) is 0 Å². The number of non-ortho nitro benzene ring substituents is 1. The molecule has 0 saturated carbocycles. The largest absolute Gasteiger partial charge is 0.484 e. The average molecular weight is 376 g/mol. The fourth-order valence-electron chi connectivity index (χ4n) is 1.62. The van der Waals surface area contributed by atoms with E-state index in [1.165, 1.54) is 30.3 Å². The predicted octanol–water partition coefficient (Wildman–Crippen LogP) is 4.57. The highest BCUT2D eigenvalue weighted by Gasteiger charge is 2.12. The van der Waals surface area contributed by atoms with Gasteiger partial charge in [-0.25, -0.2) is 0 Å². The number of nitrogens with zero attached hydrogens (tertiary/aromatic N) is 1. The van der Waals surface area contributed by atoms with Gasteiger partial charge in [0, 0.05) is 18.2 Å². The minimum absolute atomic E-state index is 0.128. The van der Waals surface area contributed by atoms with Crippen molar-refractivity contribution >= 4 is 52.1 Å². The van der Waals surface area contributed by atoms with Crippen LogP contribution in [0.1, 0.15) is 0 Å². The number of nitrogens with one attached hydrogen (secondary N) is 1. The first-order chi connectivity index (χ1) is 10.9. The third-order valence-corrected chi connectivity index (χ3v) is 3.76. The lowest BCUT2D eigenvalue weighted by molar-refractivity contribution is -0.384. The van der Waals surface area contributed by atoms with Crippen molar-refractivity contribution < 1.29 is 14.5 Å². The maximum Gasteiger partial charge on any atom is 0.271 e. The second kappa shape index (κ2) is 7.50. The van der Waals surface area contributed by atoms with Crippen LogP contribution >= 0.6 is 34.8 Å². The van der Waals surface area contributed by atoms with Crippen LogP contribution in [0.5, 0.6) is 5.75 Å². The summed E-state index contributed by atoms with van der Waals surface area (Å²) in [7, 11) is 0. The molecule has 6 nitrogen and oxygen atoms in total. The molecule has 2 aromatic carbocycles. The lowest BCUT2D eigenvalue weighted by Crippen LogP contribution is -2.20. The van der Waals surface area contributed by atoms with Crippen LogP contribution in [-0.2, 0) is 4.79 Å². The minimum atomic E-state index is -0.585. The van der Waals surface area contributed by atoms with Crippen molar-refractivity contribution in [1.82, 2.24) is 0 Å². The van der Waals surface area contributed by atoms with Gasteiger partial charge in [0.05, 0.1) is 25.7 Å². The van der Waals surface area contributed by atoms with Gasteiger partial charge >= 0.3 is 0 Å². The molecular weight excluding hydrogens is 367 g/mol. The van der Waals surface area contributed by atoms with E-state index in [-0.39, 0.29) is 23.0 Å². The van der Waals surface area contributed by atoms with Crippen LogP contribution in [0.3, 0.4) is 0 Å². The lowest BCUT2D eigenvalue weighted by Gasteiger charge is -2.09. The Bertz CT molecular complexity index is 768. The number of nitro groups is 1. The van der Waals surface area contributed by atoms with Crippen LogP contribution in [0, 0.1) is 10.1 Å². The van der Waals surface area contributed by atoms with Crippen LogP contribution in [0.2, 0.25) is 15.1 Å². The molecule has 0 bridgehead atoms. The third-order valence-electron chi connectivity index (χ3n) is 2.70. The molecule has 0 aromatic heterocycles. The van der Waals surface area contributed by atoms with E-state index >= 15 is 0 Å². The van der Waals surface area contributed by atoms with E-state index in [2.05, 4.69) is 5.32 Å². The molecule has 0 spiro atoms. The van der Waals surface area contributed by atoms with Gasteiger partial charge in [-0.05, 0) is 18.2 Å². The van der Waals surface area contributed by atoms with Gasteiger partial charge in [-0.1, -0.05) is 34.8 Å². The van der Waals surface area contributed by atoms with Gasteiger partial charge < -0.3 is 10.1 Å². The molecule has 0 aliphatic heterocycles. The molecule has 23 heavy (non-hydrogen) atoms. The van der Waals surface area contributed by atoms with Gasteiger partial charge in [0.25, 0.3) is 11.6 Å². The number of carbonyl (C=O) groups excluding carboxylic acids is 1. The van der Waals surface area contributed by atoms with Crippen molar-refractivity contribution in [2.75, 3.05) is 11.9 Å². The Kier molecular flexibility index (Phi) is 5.65. The van der Waals surface area contributed by atoms with E-state index < -0.39 is 10.8 Å². The normalized spacial score (nSPS) is 10.2. The smallest absolute Gasteiger partial charge is 0.271 e. The molecule has 1 amide bonds. The van der Waals surface area contributed by atoms with Gasteiger partial charge in [0.2, 0.25) is 0 Å². The van der Waals surface area contributed by atoms with Gasteiger partial charge in [0.15, 0.2) is 6.61 Å². The summed E-state index contributed by atoms with van der Waals surface area (Å²) in [5, 5.41) is 14.0. The first-order valence-corrected chi connectivity index (χ1v) is 7.32. The highest BCUT2D eigenvalue weighted by Crippen LogP contribution is 2.27. The zero-order chi connectivity index (χ0) is 17.0. The Hall–Kier alpha value is -2.02. The number of hydrogen-bond donors (Lipinski definition) is 1. The monoisotopic (exact) mass is 374 g/mol. The molecule has 1 N–H and O–H groups in total. The molecule has 0 aliphatic carbocycles. The number of benzene rings is 2. The third kappa shape index (κ3) is 4.72. The fourth-order valence-corrected chi connectivity index (χ4v) is 2.08. The Morgan fingerprint density at radius 1 is 1.09 bits per heavy atom. The topological polar surface area (TPSA) is 81.5 Å². The highest BCUT2D eigenvalue weighted by molar-refractivity contribution is 6.42. The summed E-state index contributed by atoms with van der Waals surface area (Å²) in [5.41, 5.74) is -0.0568. The van der Waals surface area contributed by atoms with Crippen LogP contribution in [-0.4, -0.2) is 17.4 Å². The van der Waals surface area contributed by atoms with Gasteiger partial charge in [-0.2, -0.15) is 0 Å². The van der Waals surface area contributed by atoms with Crippen LogP contribution < -0.4 is 10.1 Å². The van der Waals surface area contributed by atoms with Crippen LogP contribution in [0.4, 0.5) is 11.4 Å². The van der Waals surface area contributed by atoms with Crippen molar-refractivity contribution in [2.24, 2.45) is 0 Å². The molecule has 120 valence electrons. The van der Waals surface area contributed by atoms with Gasteiger partial charge in [-0.3, -0.25) is 14.9 Å². The number of rotatable bonds is 5. The van der Waals surface area contributed by atoms with E-state index in [4.69, 9.17) is 39.5 Å². The van der Waals surface area contributed by atoms with E-state index in [1.807, 2.05) is 0 Å². The quantitative estimate of drug-likeness (QED) is 0.613. The Morgan fingerprint density at radius 2 is 1.78 bits per heavy atom. The van der Waals surface area contributed by atoms with E-state index in [0.29, 0.717) is 15.8 Å². The first kappa shape index (κ1) is 17.3. The molecule has 0 saturated heterocycles. The molecule has 0 radical (unpaired) electrons. The number of carbonyl (C=O) groups is 1. The Morgan fingerprint density at radius 3 is 2.43 bits per heavy atom. The zero-order valence-electron chi connectivity index (χ0n) is 11.4. The Balaban J connectivity index is 2.00. The van der Waals surface area contributed by atoms with E-state index in [9.17, 15) is 14.9 Å². The minimum Gasteiger partial charge on any atom is -0.484 e. The summed E-state index contributed by atoms with van der Waals surface area (Å²) in [6, 6.07) is 8.30. The van der Waals surface area contributed by atoms with E-state index in [1.54, 1.807) is 6.07 Å². The summed E-state index contributed by atoms with van der Waals surface area (Å²) >= 11 is 17.5. The highest BCUT2D eigenvalue weighted by atomic mass is 35.5. The summed E-state index contributed by atoms with van der Waals surface area (Å²) < 4.78 is 5.26. The summed E-state index contributed by atoms with van der Waals surface area (Å²) in [4.78, 5) is 22.0. The Labute approximate surface area is 146 Å². The fraction of sp³-hybridized carbons (Fsp3) is 0.0714. The molecule has 0 aliphatic rings. The summed E-state index contributed by atoms with van der Waals surface area (Å²) in [5.74, 6) is -0.168. The molecule has 0 unspecified atom stereocenters. The van der Waals surface area contributed by atoms with Crippen molar-refractivity contribution in [3.63, 3.8) is 0 Å². The number of ether oxygens (including phenoxy) is 1. The lowest BCUT2D eigenvalue weighted by atomic mass is 10.3. The molecular formula is C14H9Cl3N2O4. The molecule has 0 atom stereocenters. The molecule has 2 aromatic rings. The van der Waals surface area contributed by atoms with Gasteiger partial charge in [-0.15, -0.1) is 0 Å². The average Bonchev–Trinajstić information content (AvgIpc) is 2.50. The number of halogens is 3. The first-order valence-electron chi connectivity index (χ1n) is 6.18. The zero-order valence-corrected chi connectivity index (χ0v) is 13.7. The van der Waals surface area contributed by atoms with E-state index in [0.717, 1.165) is 0 Å². The van der Waals surface area contributed by atoms with Crippen LogP contribution in [0.25, 0.3) is 0 Å². The second-order valence-corrected chi connectivity index (χ2v) is 5.56. The SMILES string of the molecule is O=C(COc1ccc(Cl)c(Cl)c1)Nc1cc([N+](=O)[O-])ccc1Cl. The number of amides is 1.